The van der Waals surface area contributed by atoms with Crippen molar-refractivity contribution in [3.63, 3.8) is 0 Å². The minimum absolute atomic E-state index is 0.160. The summed E-state index contributed by atoms with van der Waals surface area (Å²) in [6.07, 6.45) is 1.35. The molecule has 0 spiro atoms. The van der Waals surface area contributed by atoms with Crippen molar-refractivity contribution in [2.24, 2.45) is 4.99 Å². The molecule has 1 unspecified atom stereocenters. The molecule has 3 heterocycles. The molecular formula is C12H15N6O4+. The Hall–Kier alpha value is -2.78. The number of carbonyl (C=O) groups excluding carboxylic acids is 4. The number of hydrogen-bond acceptors (Lipinski definition) is 5. The average molecular weight is 307 g/mol. The Morgan fingerprint density at radius 2 is 2.09 bits per heavy atom. The summed E-state index contributed by atoms with van der Waals surface area (Å²) in [5.74, 6) is -0.584. The predicted octanol–water partition coefficient (Wildman–Crippen LogP) is -2.12. The van der Waals surface area contributed by atoms with Gasteiger partial charge in [-0.1, -0.05) is 0 Å². The quantitative estimate of drug-likeness (QED) is 0.589. The van der Waals surface area contributed by atoms with E-state index in [9.17, 15) is 19.2 Å². The van der Waals surface area contributed by atoms with Gasteiger partial charge < -0.3 is 5.32 Å². The third-order valence-corrected chi connectivity index (χ3v) is 3.87. The smallest absolute Gasteiger partial charge is 0.333 e. The zero-order valence-corrected chi connectivity index (χ0v) is 12.1. The van der Waals surface area contributed by atoms with Crippen molar-refractivity contribution in [2.75, 3.05) is 33.7 Å². The van der Waals surface area contributed by atoms with Gasteiger partial charge in [0, 0.05) is 27.2 Å². The molecule has 0 aromatic rings. The van der Waals surface area contributed by atoms with E-state index in [-0.39, 0.29) is 12.4 Å². The molecule has 1 N–H and O–H groups in total. The summed E-state index contributed by atoms with van der Waals surface area (Å²) < 4.78 is 1.44. The molecular weight excluding hydrogens is 292 g/mol. The fraction of sp³-hybridized carbons (Fsp3) is 0.500. The number of carbonyl (C=O) groups is 4. The van der Waals surface area contributed by atoms with Crippen molar-refractivity contribution in [2.45, 2.75) is 6.04 Å². The maximum absolute atomic E-state index is 12.3. The molecule has 10 nitrogen and oxygen atoms in total. The second-order valence-electron chi connectivity index (χ2n) is 5.19. The molecule has 1 atom stereocenters. The summed E-state index contributed by atoms with van der Waals surface area (Å²) in [4.78, 5) is 55.2. The molecule has 6 amide bonds. The molecule has 2 saturated heterocycles. The molecule has 3 aliphatic heterocycles. The average Bonchev–Trinajstić information content (AvgIpc) is 3.09. The Morgan fingerprint density at radius 1 is 1.36 bits per heavy atom. The van der Waals surface area contributed by atoms with Crippen LogP contribution in [0, 0.1) is 0 Å². The van der Waals surface area contributed by atoms with E-state index in [2.05, 4.69) is 10.3 Å². The van der Waals surface area contributed by atoms with Gasteiger partial charge in [0.15, 0.2) is 6.54 Å². The number of imide groups is 2. The first-order valence-corrected chi connectivity index (χ1v) is 6.72. The number of rotatable bonds is 2. The minimum atomic E-state index is -0.817. The lowest BCUT2D eigenvalue weighted by Gasteiger charge is -2.30. The van der Waals surface area contributed by atoms with E-state index < -0.39 is 29.9 Å². The molecule has 3 aliphatic rings. The number of amides is 6. The van der Waals surface area contributed by atoms with Gasteiger partial charge in [0.1, 0.15) is 0 Å². The van der Waals surface area contributed by atoms with Crippen LogP contribution in [0.5, 0.6) is 0 Å². The van der Waals surface area contributed by atoms with E-state index in [1.165, 1.54) is 29.9 Å². The normalized spacial score (nSPS) is 24.4. The molecule has 0 bridgehead atoms. The van der Waals surface area contributed by atoms with Gasteiger partial charge in [-0.3, -0.25) is 24.3 Å². The van der Waals surface area contributed by atoms with E-state index in [1.807, 2.05) is 0 Å². The topological polar surface area (TPSA) is 105 Å². The highest BCUT2D eigenvalue weighted by Gasteiger charge is 2.51. The number of aliphatic imine (C=N–C) groups is 1. The van der Waals surface area contributed by atoms with Crippen molar-refractivity contribution in [3.8, 4) is 0 Å². The molecule has 3 rings (SSSR count). The first kappa shape index (κ1) is 14.2. The Balaban J connectivity index is 1.77. The Kier molecular flexibility index (Phi) is 3.15. The molecule has 0 aromatic heterocycles. The molecule has 0 aromatic carbocycles. The van der Waals surface area contributed by atoms with E-state index in [4.69, 9.17) is 0 Å². The van der Waals surface area contributed by atoms with Crippen molar-refractivity contribution in [1.29, 1.82) is 0 Å². The Morgan fingerprint density at radius 3 is 2.73 bits per heavy atom. The van der Waals surface area contributed by atoms with Crippen LogP contribution in [0.15, 0.2) is 4.99 Å². The van der Waals surface area contributed by atoms with Crippen molar-refractivity contribution in [3.05, 3.63) is 0 Å². The molecule has 0 saturated carbocycles. The zero-order chi connectivity index (χ0) is 16.0. The predicted molar refractivity (Wildman–Crippen MR) is 73.5 cm³/mol. The Labute approximate surface area is 125 Å². The maximum atomic E-state index is 12.3. The molecule has 116 valence electrons. The summed E-state index contributed by atoms with van der Waals surface area (Å²) >= 11 is 0. The lowest BCUT2D eigenvalue weighted by atomic mass is 10.1. The third-order valence-electron chi connectivity index (χ3n) is 3.87. The standard InChI is InChI=1S/C12H14N6O4/c1-15-9-8(10(20)16(2)12(15)22)17(6-14-9)5-7(19)18-4-3-13-11(18)21/h6,8H,3-5H2,1-2H3/p+1. The molecule has 2 fully saturated rings. The number of likely N-dealkylation sites (N-methyl/N-ethyl adjacent to an activating group) is 2. The van der Waals surface area contributed by atoms with Crippen LogP contribution in [0.3, 0.4) is 0 Å². The number of amidine groups is 1. The lowest BCUT2D eigenvalue weighted by molar-refractivity contribution is -0.520. The summed E-state index contributed by atoms with van der Waals surface area (Å²) in [7, 11) is 2.90. The largest absolute Gasteiger partial charge is 0.336 e. The second-order valence-corrected chi connectivity index (χ2v) is 5.19. The zero-order valence-electron chi connectivity index (χ0n) is 12.1. The minimum Gasteiger partial charge on any atom is -0.336 e. The summed E-state index contributed by atoms with van der Waals surface area (Å²) in [5.41, 5.74) is 0. The highest BCUT2D eigenvalue weighted by molar-refractivity contribution is 6.21. The van der Waals surface area contributed by atoms with Crippen LogP contribution in [0.1, 0.15) is 0 Å². The van der Waals surface area contributed by atoms with Gasteiger partial charge in [-0.15, -0.1) is 0 Å². The van der Waals surface area contributed by atoms with Crippen molar-refractivity contribution in [1.82, 2.24) is 20.0 Å². The van der Waals surface area contributed by atoms with Crippen LogP contribution in [0.25, 0.3) is 0 Å². The van der Waals surface area contributed by atoms with Crippen LogP contribution in [0.4, 0.5) is 9.59 Å². The monoisotopic (exact) mass is 307 g/mol. The van der Waals surface area contributed by atoms with E-state index in [0.29, 0.717) is 13.1 Å². The third kappa shape index (κ3) is 1.95. The van der Waals surface area contributed by atoms with Gasteiger partial charge in [0.05, 0.1) is 0 Å². The molecule has 0 radical (unpaired) electrons. The van der Waals surface area contributed by atoms with Gasteiger partial charge >= 0.3 is 12.1 Å². The van der Waals surface area contributed by atoms with E-state index >= 15 is 0 Å². The number of hydrogen-bond donors (Lipinski definition) is 1. The number of nitrogens with one attached hydrogen (secondary N) is 1. The van der Waals surface area contributed by atoms with Crippen molar-refractivity contribution >= 4 is 36.1 Å². The fourth-order valence-electron chi connectivity index (χ4n) is 2.63. The summed E-state index contributed by atoms with van der Waals surface area (Å²) in [6, 6.07) is -1.73. The molecule has 0 aliphatic carbocycles. The van der Waals surface area contributed by atoms with Gasteiger partial charge in [-0.05, 0) is 4.99 Å². The first-order chi connectivity index (χ1) is 10.4. The van der Waals surface area contributed by atoms with Gasteiger partial charge in [-0.25, -0.2) is 14.2 Å². The van der Waals surface area contributed by atoms with E-state index in [1.54, 1.807) is 0 Å². The summed E-state index contributed by atoms with van der Waals surface area (Å²) in [6.45, 7) is 0.557. The second kappa shape index (κ2) is 4.90. The van der Waals surface area contributed by atoms with Gasteiger partial charge in [-0.2, -0.15) is 0 Å². The summed E-state index contributed by atoms with van der Waals surface area (Å²) in [5, 5.41) is 2.54. The van der Waals surface area contributed by atoms with Gasteiger partial charge in [0.2, 0.25) is 0 Å². The maximum Gasteiger partial charge on any atom is 0.333 e. The SMILES string of the molecule is CN1C(=O)C2C(=NC=[N+]2CC(=O)N2CCNC2=O)N(C)C1=O. The highest BCUT2D eigenvalue weighted by atomic mass is 16.2. The lowest BCUT2D eigenvalue weighted by Crippen LogP contribution is -2.62. The van der Waals surface area contributed by atoms with Crippen LogP contribution >= 0.6 is 0 Å². The van der Waals surface area contributed by atoms with Crippen LogP contribution in [-0.4, -0.2) is 95.1 Å². The number of nitrogens with zero attached hydrogens (tertiary/aromatic N) is 5. The number of fused-ring (bicyclic) bond motifs is 1. The molecule has 10 heteroatoms. The first-order valence-electron chi connectivity index (χ1n) is 6.72. The van der Waals surface area contributed by atoms with Crippen molar-refractivity contribution < 1.29 is 23.8 Å². The van der Waals surface area contributed by atoms with Gasteiger partial charge in [0.25, 0.3) is 30.0 Å². The van der Waals surface area contributed by atoms with Crippen LogP contribution in [0.2, 0.25) is 0 Å². The van der Waals surface area contributed by atoms with E-state index in [0.717, 1.165) is 9.80 Å². The fourth-order valence-corrected chi connectivity index (χ4v) is 2.63. The number of urea groups is 2. The van der Waals surface area contributed by atoms with Crippen LogP contribution < -0.4 is 5.32 Å². The molecule has 22 heavy (non-hydrogen) atoms. The highest BCUT2D eigenvalue weighted by Crippen LogP contribution is 2.16. The van der Waals surface area contributed by atoms with Crippen LogP contribution in [-0.2, 0) is 9.59 Å². The Bertz CT molecular complexity index is 654.